The molecule has 0 aromatic heterocycles. The summed E-state index contributed by atoms with van der Waals surface area (Å²) in [5, 5.41) is 13.6. The third-order valence-electron chi connectivity index (χ3n) is 3.39. The molecule has 8 heteroatoms. The number of nitrogens with zero attached hydrogens (tertiary/aromatic N) is 1. The average molecular weight is 371 g/mol. The molecule has 2 rings (SSSR count). The summed E-state index contributed by atoms with van der Waals surface area (Å²) in [5.74, 6) is -2.96. The molecule has 138 valence electrons. The summed E-state index contributed by atoms with van der Waals surface area (Å²) in [6.45, 7) is 1.16. The molecule has 0 spiro atoms. The van der Waals surface area contributed by atoms with E-state index in [1.165, 1.54) is 13.2 Å². The summed E-state index contributed by atoms with van der Waals surface area (Å²) in [7, 11) is 1.48. The van der Waals surface area contributed by atoms with E-state index < -0.39 is 23.4 Å². The van der Waals surface area contributed by atoms with Crippen molar-refractivity contribution in [1.29, 1.82) is 5.26 Å². The highest BCUT2D eigenvalue weighted by molar-refractivity contribution is 6.10. The Morgan fingerprint density at radius 1 is 1.11 bits per heavy atom. The van der Waals surface area contributed by atoms with Gasteiger partial charge in [0.05, 0.1) is 18.5 Å². The van der Waals surface area contributed by atoms with Gasteiger partial charge in [-0.15, -0.1) is 0 Å². The molecular weight excluding hydrogens is 356 g/mol. The van der Waals surface area contributed by atoms with E-state index in [0.717, 1.165) is 13.0 Å². The van der Waals surface area contributed by atoms with Crippen LogP contribution in [0.3, 0.4) is 0 Å². The topological polar surface area (TPSA) is 91.2 Å². The number of methoxy groups -OCH3 is 1. The highest BCUT2D eigenvalue weighted by atomic mass is 19.1. The number of carbonyl (C=O) groups is 2. The van der Waals surface area contributed by atoms with Crippen molar-refractivity contribution < 1.29 is 23.1 Å². The lowest BCUT2D eigenvalue weighted by Crippen LogP contribution is -2.16. The lowest BCUT2D eigenvalue weighted by atomic mass is 10.1. The summed E-state index contributed by atoms with van der Waals surface area (Å²) in [5.41, 5.74) is -0.445. The van der Waals surface area contributed by atoms with Gasteiger partial charge in [0.1, 0.15) is 29.0 Å². The number of benzene rings is 2. The van der Waals surface area contributed by atoms with Crippen molar-refractivity contribution in [2.45, 2.75) is 6.92 Å². The number of hydrogen-bond acceptors (Lipinski definition) is 4. The van der Waals surface area contributed by atoms with Crippen LogP contribution in [-0.2, 0) is 9.59 Å². The Labute approximate surface area is 154 Å². The molecule has 2 aromatic carbocycles. The van der Waals surface area contributed by atoms with Gasteiger partial charge in [0.2, 0.25) is 5.91 Å². The molecular formula is C19H15F2N3O3. The van der Waals surface area contributed by atoms with Crippen LogP contribution >= 0.6 is 0 Å². The Morgan fingerprint density at radius 3 is 2.37 bits per heavy atom. The number of carbonyl (C=O) groups excluding carboxylic acids is 2. The van der Waals surface area contributed by atoms with E-state index in [9.17, 15) is 23.6 Å². The molecule has 6 nitrogen and oxygen atoms in total. The molecule has 27 heavy (non-hydrogen) atoms. The second kappa shape index (κ2) is 8.58. The lowest BCUT2D eigenvalue weighted by Gasteiger charge is -2.10. The summed E-state index contributed by atoms with van der Waals surface area (Å²) < 4.78 is 32.7. The quantitative estimate of drug-likeness (QED) is 0.622. The molecule has 0 aliphatic carbocycles. The van der Waals surface area contributed by atoms with Gasteiger partial charge in [-0.25, -0.2) is 8.78 Å². The zero-order valence-electron chi connectivity index (χ0n) is 14.5. The molecule has 0 heterocycles. The molecule has 0 aliphatic heterocycles. The molecule has 2 aromatic rings. The fraction of sp³-hybridized carbons (Fsp3) is 0.105. The van der Waals surface area contributed by atoms with Crippen LogP contribution in [0, 0.1) is 23.0 Å². The first-order valence-corrected chi connectivity index (χ1v) is 7.68. The number of anilines is 2. The van der Waals surface area contributed by atoms with Crippen molar-refractivity contribution in [2.24, 2.45) is 0 Å². The molecule has 0 atom stereocenters. The smallest absolute Gasteiger partial charge is 0.266 e. The number of rotatable bonds is 5. The van der Waals surface area contributed by atoms with Crippen LogP contribution in [0.2, 0.25) is 0 Å². The molecule has 0 saturated carbocycles. The number of ether oxygens (including phenoxy) is 1. The van der Waals surface area contributed by atoms with Gasteiger partial charge in [0, 0.05) is 13.0 Å². The molecule has 2 amide bonds. The van der Waals surface area contributed by atoms with Gasteiger partial charge in [-0.3, -0.25) is 9.59 Å². The fourth-order valence-electron chi connectivity index (χ4n) is 2.17. The Balaban J connectivity index is 2.30. The summed E-state index contributed by atoms with van der Waals surface area (Å²) in [6.07, 6.45) is 1.30. The zero-order chi connectivity index (χ0) is 20.0. The van der Waals surface area contributed by atoms with Crippen LogP contribution in [0.4, 0.5) is 20.2 Å². The monoisotopic (exact) mass is 371 g/mol. The van der Waals surface area contributed by atoms with Crippen molar-refractivity contribution in [2.75, 3.05) is 17.7 Å². The normalized spacial score (nSPS) is 10.7. The predicted octanol–water partition coefficient (Wildman–Crippen LogP) is 3.48. The number of nitriles is 1. The molecule has 0 saturated heterocycles. The van der Waals surface area contributed by atoms with Gasteiger partial charge in [0.25, 0.3) is 5.91 Å². The Kier molecular flexibility index (Phi) is 6.23. The van der Waals surface area contributed by atoms with Crippen molar-refractivity contribution >= 4 is 29.3 Å². The van der Waals surface area contributed by atoms with E-state index in [1.54, 1.807) is 30.3 Å². The van der Waals surface area contributed by atoms with Gasteiger partial charge in [-0.1, -0.05) is 12.1 Å². The van der Waals surface area contributed by atoms with Crippen LogP contribution in [0.25, 0.3) is 6.08 Å². The molecule has 0 fully saturated rings. The standard InChI is InChI=1S/C19H15F2N3O3/c1-11(25)23-17-9-18(16(21)8-15(17)20)24-19(26)13(10-22)6-12-4-3-5-14(7-12)27-2/h3-9H,1-2H3,(H,23,25)(H,24,26)/b13-6+. The first-order chi connectivity index (χ1) is 12.8. The van der Waals surface area contributed by atoms with E-state index in [1.807, 2.05) is 0 Å². The second-order valence-electron chi connectivity index (χ2n) is 5.39. The fourth-order valence-corrected chi connectivity index (χ4v) is 2.17. The van der Waals surface area contributed by atoms with Gasteiger partial charge < -0.3 is 15.4 Å². The van der Waals surface area contributed by atoms with Crippen LogP contribution in [0.1, 0.15) is 12.5 Å². The number of nitrogens with one attached hydrogen (secondary N) is 2. The summed E-state index contributed by atoms with van der Waals surface area (Å²) in [6, 6.07) is 9.82. The Bertz CT molecular complexity index is 965. The largest absolute Gasteiger partial charge is 0.497 e. The van der Waals surface area contributed by atoms with E-state index in [-0.39, 0.29) is 16.9 Å². The first-order valence-electron chi connectivity index (χ1n) is 7.68. The molecule has 0 bridgehead atoms. The van der Waals surface area contributed by atoms with Gasteiger partial charge in [-0.05, 0) is 29.8 Å². The minimum absolute atomic E-state index is 0.297. The van der Waals surface area contributed by atoms with Crippen molar-refractivity contribution in [3.8, 4) is 11.8 Å². The van der Waals surface area contributed by atoms with E-state index >= 15 is 0 Å². The van der Waals surface area contributed by atoms with Crippen LogP contribution in [0.15, 0.2) is 42.0 Å². The average Bonchev–Trinajstić information content (AvgIpc) is 2.63. The summed E-state index contributed by atoms with van der Waals surface area (Å²) in [4.78, 5) is 23.4. The van der Waals surface area contributed by atoms with E-state index in [0.29, 0.717) is 17.4 Å². The maximum Gasteiger partial charge on any atom is 0.266 e. The molecule has 0 aliphatic rings. The van der Waals surface area contributed by atoms with E-state index in [4.69, 9.17) is 4.74 Å². The zero-order valence-corrected chi connectivity index (χ0v) is 14.5. The third kappa shape index (κ3) is 5.12. The molecule has 2 N–H and O–H groups in total. The van der Waals surface area contributed by atoms with Crippen LogP contribution in [0.5, 0.6) is 5.75 Å². The molecule has 0 radical (unpaired) electrons. The Morgan fingerprint density at radius 2 is 1.78 bits per heavy atom. The van der Waals surface area contributed by atoms with Crippen LogP contribution < -0.4 is 15.4 Å². The minimum Gasteiger partial charge on any atom is -0.497 e. The highest BCUT2D eigenvalue weighted by Gasteiger charge is 2.16. The maximum atomic E-state index is 13.9. The van der Waals surface area contributed by atoms with Gasteiger partial charge in [-0.2, -0.15) is 5.26 Å². The van der Waals surface area contributed by atoms with Crippen molar-refractivity contribution in [3.05, 3.63) is 59.2 Å². The minimum atomic E-state index is -1.05. The lowest BCUT2D eigenvalue weighted by molar-refractivity contribution is -0.114. The first kappa shape index (κ1) is 19.6. The van der Waals surface area contributed by atoms with E-state index in [2.05, 4.69) is 10.6 Å². The SMILES string of the molecule is COc1cccc(/C=C(\C#N)C(=O)Nc2cc(NC(C)=O)c(F)cc2F)c1. The second-order valence-corrected chi connectivity index (χ2v) is 5.39. The van der Waals surface area contributed by atoms with Crippen molar-refractivity contribution in [3.63, 3.8) is 0 Å². The number of halogens is 2. The van der Waals surface area contributed by atoms with Crippen LogP contribution in [-0.4, -0.2) is 18.9 Å². The highest BCUT2D eigenvalue weighted by Crippen LogP contribution is 2.24. The Hall–Kier alpha value is -3.73. The van der Waals surface area contributed by atoms with Crippen molar-refractivity contribution in [1.82, 2.24) is 0 Å². The summed E-state index contributed by atoms with van der Waals surface area (Å²) >= 11 is 0. The number of hydrogen-bond donors (Lipinski definition) is 2. The predicted molar refractivity (Wildman–Crippen MR) is 95.9 cm³/mol. The van der Waals surface area contributed by atoms with Gasteiger partial charge in [0.15, 0.2) is 0 Å². The maximum absolute atomic E-state index is 13.9. The number of amides is 2. The molecule has 0 unspecified atom stereocenters. The third-order valence-corrected chi connectivity index (χ3v) is 3.39. The van der Waals surface area contributed by atoms with Gasteiger partial charge >= 0.3 is 0 Å².